The number of carboxylic acid groups (broad SMARTS) is 1. The molecule has 1 aromatic carbocycles. The number of nitrogens with one attached hydrogen (secondary N) is 1. The highest BCUT2D eigenvalue weighted by atomic mass is 35.5. The maximum absolute atomic E-state index is 12.1. The minimum absolute atomic E-state index is 0.101. The molecule has 0 spiro atoms. The molecule has 9 heteroatoms. The molecule has 0 saturated heterocycles. The van der Waals surface area contributed by atoms with Crippen molar-refractivity contribution >= 4 is 40.9 Å². The van der Waals surface area contributed by atoms with Gasteiger partial charge in [-0.15, -0.1) is 0 Å². The average Bonchev–Trinajstić information content (AvgIpc) is 2.42. The Hall–Kier alpha value is -1.80. The van der Waals surface area contributed by atoms with Crippen LogP contribution in [0.5, 0.6) is 0 Å². The minimum atomic E-state index is -1.20. The molecule has 1 atom stereocenters. The van der Waals surface area contributed by atoms with E-state index in [4.69, 9.17) is 16.7 Å². The monoisotopic (exact) mass is 332 g/mol. The first-order chi connectivity index (χ1) is 9.88. The van der Waals surface area contributed by atoms with Gasteiger partial charge in [0.25, 0.3) is 11.6 Å². The molecule has 0 fully saturated rings. The van der Waals surface area contributed by atoms with E-state index in [1.54, 1.807) is 6.26 Å². The minimum Gasteiger partial charge on any atom is -0.480 e. The zero-order valence-corrected chi connectivity index (χ0v) is 12.6. The zero-order valence-electron chi connectivity index (χ0n) is 11.0. The van der Waals surface area contributed by atoms with Gasteiger partial charge in [-0.1, -0.05) is 17.7 Å². The van der Waals surface area contributed by atoms with Crippen molar-refractivity contribution in [2.24, 2.45) is 0 Å². The van der Waals surface area contributed by atoms with Crippen molar-refractivity contribution in [3.05, 3.63) is 38.9 Å². The Morgan fingerprint density at radius 1 is 1.52 bits per heavy atom. The van der Waals surface area contributed by atoms with E-state index in [1.807, 2.05) is 0 Å². The smallest absolute Gasteiger partial charge is 0.326 e. The summed E-state index contributed by atoms with van der Waals surface area (Å²) in [7, 11) is 0. The molecule has 1 amide bonds. The van der Waals surface area contributed by atoms with E-state index in [0.717, 1.165) is 6.07 Å². The van der Waals surface area contributed by atoms with Crippen LogP contribution in [0.3, 0.4) is 0 Å². The molecule has 1 rings (SSSR count). The first-order valence-corrected chi connectivity index (χ1v) is 7.61. The van der Waals surface area contributed by atoms with Gasteiger partial charge in [0, 0.05) is 6.07 Å². The van der Waals surface area contributed by atoms with E-state index < -0.39 is 28.5 Å². The van der Waals surface area contributed by atoms with Gasteiger partial charge in [-0.3, -0.25) is 14.9 Å². The molecule has 0 aliphatic carbocycles. The summed E-state index contributed by atoms with van der Waals surface area (Å²) in [6.45, 7) is 0. The fourth-order valence-corrected chi connectivity index (χ4v) is 2.34. The first kappa shape index (κ1) is 17.3. The number of nitro groups is 1. The Kier molecular flexibility index (Phi) is 6.44. The first-order valence-electron chi connectivity index (χ1n) is 5.84. The van der Waals surface area contributed by atoms with E-state index in [1.165, 1.54) is 23.9 Å². The molecule has 0 radical (unpaired) electrons. The highest BCUT2D eigenvalue weighted by molar-refractivity contribution is 7.98. The summed E-state index contributed by atoms with van der Waals surface area (Å²) < 4.78 is 0. The second-order valence-electron chi connectivity index (χ2n) is 4.04. The van der Waals surface area contributed by atoms with E-state index in [9.17, 15) is 19.7 Å². The lowest BCUT2D eigenvalue weighted by atomic mass is 10.1. The van der Waals surface area contributed by atoms with Gasteiger partial charge >= 0.3 is 5.97 Å². The molecule has 7 nitrogen and oxygen atoms in total. The lowest BCUT2D eigenvalue weighted by Crippen LogP contribution is -2.41. The van der Waals surface area contributed by atoms with Crippen molar-refractivity contribution in [2.45, 2.75) is 12.5 Å². The number of halogens is 1. The van der Waals surface area contributed by atoms with Crippen molar-refractivity contribution in [3.63, 3.8) is 0 Å². The molecule has 0 bridgehead atoms. The van der Waals surface area contributed by atoms with Gasteiger partial charge in [0.15, 0.2) is 0 Å². The van der Waals surface area contributed by atoms with E-state index in [2.05, 4.69) is 5.32 Å². The summed E-state index contributed by atoms with van der Waals surface area (Å²) in [6, 6.07) is 2.69. The number of carbonyl (C=O) groups is 2. The number of benzene rings is 1. The highest BCUT2D eigenvalue weighted by Crippen LogP contribution is 2.26. The largest absolute Gasteiger partial charge is 0.480 e. The van der Waals surface area contributed by atoms with Crippen LogP contribution in [0, 0.1) is 10.1 Å². The molecule has 0 saturated carbocycles. The van der Waals surface area contributed by atoms with Crippen LogP contribution in [-0.2, 0) is 4.79 Å². The van der Waals surface area contributed by atoms with Crippen molar-refractivity contribution in [1.82, 2.24) is 5.32 Å². The fourth-order valence-electron chi connectivity index (χ4n) is 1.61. The number of hydrogen-bond donors (Lipinski definition) is 2. The molecule has 0 aromatic heterocycles. The third kappa shape index (κ3) is 4.61. The van der Waals surface area contributed by atoms with Crippen LogP contribution in [0.15, 0.2) is 18.2 Å². The van der Waals surface area contributed by atoms with Crippen LogP contribution in [-0.4, -0.2) is 40.0 Å². The quantitative estimate of drug-likeness (QED) is 0.585. The second kappa shape index (κ2) is 7.84. The SMILES string of the molecule is CSCC[C@@H](NC(=O)c1c(Cl)cccc1[N+](=O)[O-])C(=O)O. The number of hydrogen-bond acceptors (Lipinski definition) is 5. The fraction of sp³-hybridized carbons (Fsp3) is 0.333. The molecule has 0 aliphatic heterocycles. The molecular weight excluding hydrogens is 320 g/mol. The molecule has 114 valence electrons. The number of nitrogens with zero attached hydrogens (tertiary/aromatic N) is 1. The van der Waals surface area contributed by atoms with Crippen LogP contribution in [0.4, 0.5) is 5.69 Å². The predicted molar refractivity (Wildman–Crippen MR) is 80.0 cm³/mol. The molecule has 0 unspecified atom stereocenters. The molecular formula is C12H13ClN2O5S. The molecule has 2 N–H and O–H groups in total. The Morgan fingerprint density at radius 2 is 2.19 bits per heavy atom. The standard InChI is InChI=1S/C12H13ClN2O5S/c1-21-6-5-8(12(17)18)14-11(16)10-7(13)3-2-4-9(10)15(19)20/h2-4,8H,5-6H2,1H3,(H,14,16)(H,17,18)/t8-/m1/s1. The Morgan fingerprint density at radius 3 is 2.71 bits per heavy atom. The number of thioether (sulfide) groups is 1. The topological polar surface area (TPSA) is 110 Å². The van der Waals surface area contributed by atoms with E-state index in [0.29, 0.717) is 5.75 Å². The number of carbonyl (C=O) groups excluding carboxylic acids is 1. The Balaban J connectivity index is 3.02. The molecule has 1 aromatic rings. The van der Waals surface area contributed by atoms with E-state index >= 15 is 0 Å². The lowest BCUT2D eigenvalue weighted by Gasteiger charge is -2.14. The van der Waals surface area contributed by atoms with Gasteiger partial charge in [0.05, 0.1) is 9.95 Å². The number of amides is 1. The van der Waals surface area contributed by atoms with Crippen molar-refractivity contribution in [1.29, 1.82) is 0 Å². The molecule has 0 aliphatic rings. The van der Waals surface area contributed by atoms with Gasteiger partial charge in [0.2, 0.25) is 0 Å². The number of carboxylic acids is 1. The van der Waals surface area contributed by atoms with Gasteiger partial charge in [-0.25, -0.2) is 4.79 Å². The third-order valence-electron chi connectivity index (χ3n) is 2.63. The van der Waals surface area contributed by atoms with Gasteiger partial charge < -0.3 is 10.4 Å². The van der Waals surface area contributed by atoms with Gasteiger partial charge in [-0.2, -0.15) is 11.8 Å². The summed E-state index contributed by atoms with van der Waals surface area (Å²) in [4.78, 5) is 33.4. The van der Waals surface area contributed by atoms with Crippen LogP contribution >= 0.6 is 23.4 Å². The summed E-state index contributed by atoms with van der Waals surface area (Å²) in [5, 5.41) is 22.1. The van der Waals surface area contributed by atoms with E-state index in [-0.39, 0.29) is 17.0 Å². The second-order valence-corrected chi connectivity index (χ2v) is 5.43. The van der Waals surface area contributed by atoms with Crippen LogP contribution in [0.2, 0.25) is 5.02 Å². The van der Waals surface area contributed by atoms with Crippen LogP contribution in [0.25, 0.3) is 0 Å². The highest BCUT2D eigenvalue weighted by Gasteiger charge is 2.27. The van der Waals surface area contributed by atoms with Gasteiger partial charge in [-0.05, 0) is 24.5 Å². The predicted octanol–water partition coefficient (Wildman–Crippen LogP) is 2.18. The van der Waals surface area contributed by atoms with Crippen molar-refractivity contribution in [3.8, 4) is 0 Å². The van der Waals surface area contributed by atoms with Crippen molar-refractivity contribution in [2.75, 3.05) is 12.0 Å². The summed E-state index contributed by atoms with van der Waals surface area (Å²) >= 11 is 7.25. The maximum Gasteiger partial charge on any atom is 0.326 e. The normalized spacial score (nSPS) is 11.7. The van der Waals surface area contributed by atoms with Crippen molar-refractivity contribution < 1.29 is 19.6 Å². The summed E-state index contributed by atoms with van der Waals surface area (Å²) in [5.74, 6) is -1.55. The molecule has 21 heavy (non-hydrogen) atoms. The van der Waals surface area contributed by atoms with Crippen LogP contribution in [0.1, 0.15) is 16.8 Å². The third-order valence-corrected chi connectivity index (χ3v) is 3.59. The maximum atomic E-state index is 12.1. The Labute approximate surface area is 129 Å². The zero-order chi connectivity index (χ0) is 16.0. The summed E-state index contributed by atoms with van der Waals surface area (Å²) in [5.41, 5.74) is -0.798. The molecule has 0 heterocycles. The van der Waals surface area contributed by atoms with Gasteiger partial charge in [0.1, 0.15) is 11.6 Å². The summed E-state index contributed by atoms with van der Waals surface area (Å²) in [6.07, 6.45) is 2.01. The number of aliphatic carboxylic acids is 1. The lowest BCUT2D eigenvalue weighted by molar-refractivity contribution is -0.385. The Bertz CT molecular complexity index is 567. The number of rotatable bonds is 7. The van der Waals surface area contributed by atoms with Crippen LogP contribution < -0.4 is 5.32 Å². The number of nitro benzene ring substituents is 1. The average molecular weight is 333 g/mol.